The molecule has 2 fully saturated rings. The Bertz CT molecular complexity index is 1420. The number of nitrogens with zero attached hydrogens (tertiary/aromatic N) is 6. The van der Waals surface area contributed by atoms with Gasteiger partial charge in [-0.2, -0.15) is 4.98 Å². The van der Waals surface area contributed by atoms with Crippen molar-refractivity contribution in [3.63, 3.8) is 0 Å². The van der Waals surface area contributed by atoms with Gasteiger partial charge in [0.05, 0.1) is 0 Å². The Kier molecular flexibility index (Phi) is 6.88. The normalized spacial score (nSPS) is 16.7. The van der Waals surface area contributed by atoms with Crippen LogP contribution in [-0.2, 0) is 16.1 Å². The SMILES string of the molecule is C=CC(=O)N1CC(C)(CCn2c(=O)ccc3cnc(Nc4ccc(N5CCN(C(C)=O)CC5)cc4)nc32)C1. The Hall–Kier alpha value is -4.21. The molecule has 5 rings (SSSR count). The maximum absolute atomic E-state index is 12.8. The van der Waals surface area contributed by atoms with E-state index >= 15 is 0 Å². The predicted octanol–water partition coefficient (Wildman–Crippen LogP) is 2.63. The zero-order valence-corrected chi connectivity index (χ0v) is 21.9. The Morgan fingerprint density at radius 1 is 1.05 bits per heavy atom. The minimum Gasteiger partial charge on any atom is -0.368 e. The number of likely N-dealkylation sites (tertiary alicyclic amines) is 1. The summed E-state index contributed by atoms with van der Waals surface area (Å²) in [6.07, 6.45) is 3.81. The average Bonchev–Trinajstić information content (AvgIpc) is 2.91. The zero-order chi connectivity index (χ0) is 26.9. The third kappa shape index (κ3) is 5.25. The van der Waals surface area contributed by atoms with E-state index in [-0.39, 0.29) is 22.8 Å². The van der Waals surface area contributed by atoms with E-state index in [2.05, 4.69) is 33.7 Å². The Morgan fingerprint density at radius 3 is 2.42 bits per heavy atom. The summed E-state index contributed by atoms with van der Waals surface area (Å²) in [5, 5.41) is 4.04. The van der Waals surface area contributed by atoms with Crippen LogP contribution in [0.25, 0.3) is 11.0 Å². The van der Waals surface area contributed by atoms with E-state index in [0.29, 0.717) is 31.2 Å². The van der Waals surface area contributed by atoms with Crippen molar-refractivity contribution in [3.8, 4) is 0 Å². The highest BCUT2D eigenvalue weighted by Gasteiger charge is 2.40. The molecule has 2 aliphatic heterocycles. The minimum absolute atomic E-state index is 0.0468. The molecule has 2 saturated heterocycles. The van der Waals surface area contributed by atoms with Crippen LogP contribution in [0, 0.1) is 5.41 Å². The number of fused-ring (bicyclic) bond motifs is 1. The molecule has 0 atom stereocenters. The van der Waals surface area contributed by atoms with Crippen LogP contribution < -0.4 is 15.8 Å². The molecule has 1 aromatic carbocycles. The number of amides is 2. The van der Waals surface area contributed by atoms with Gasteiger partial charge in [-0.05, 0) is 42.8 Å². The van der Waals surface area contributed by atoms with Crippen LogP contribution in [0.5, 0.6) is 0 Å². The highest BCUT2D eigenvalue weighted by atomic mass is 16.2. The van der Waals surface area contributed by atoms with Gasteiger partial charge in [-0.1, -0.05) is 13.5 Å². The lowest BCUT2D eigenvalue weighted by Gasteiger charge is -2.48. The van der Waals surface area contributed by atoms with Crippen molar-refractivity contribution in [2.24, 2.45) is 5.41 Å². The van der Waals surface area contributed by atoms with Crippen molar-refractivity contribution >= 4 is 40.2 Å². The molecular formula is C28H33N7O3. The summed E-state index contributed by atoms with van der Waals surface area (Å²) in [6, 6.07) is 11.3. The van der Waals surface area contributed by atoms with Crippen LogP contribution in [0.4, 0.5) is 17.3 Å². The molecule has 3 aromatic rings. The molecule has 0 saturated carbocycles. The number of piperazine rings is 1. The van der Waals surface area contributed by atoms with Crippen LogP contribution in [0.15, 0.2) is 60.0 Å². The number of rotatable bonds is 7. The first kappa shape index (κ1) is 25.4. The molecule has 2 amide bonds. The molecular weight excluding hydrogens is 482 g/mol. The fraction of sp³-hybridized carbons (Fsp3) is 0.393. The zero-order valence-electron chi connectivity index (χ0n) is 21.9. The van der Waals surface area contributed by atoms with E-state index in [1.165, 1.54) is 6.08 Å². The number of aromatic nitrogens is 3. The molecule has 10 nitrogen and oxygen atoms in total. The molecule has 198 valence electrons. The lowest BCUT2D eigenvalue weighted by molar-refractivity contribution is -0.137. The van der Waals surface area contributed by atoms with Gasteiger partial charge in [0, 0.05) is 87.2 Å². The quantitative estimate of drug-likeness (QED) is 0.483. The first-order valence-corrected chi connectivity index (χ1v) is 12.9. The van der Waals surface area contributed by atoms with Gasteiger partial charge >= 0.3 is 0 Å². The highest BCUT2D eigenvalue weighted by molar-refractivity contribution is 5.87. The van der Waals surface area contributed by atoms with Gasteiger partial charge in [0.1, 0.15) is 5.65 Å². The van der Waals surface area contributed by atoms with E-state index in [4.69, 9.17) is 0 Å². The van der Waals surface area contributed by atoms with Crippen molar-refractivity contribution in [2.75, 3.05) is 49.5 Å². The molecule has 0 radical (unpaired) electrons. The number of anilines is 3. The average molecular weight is 516 g/mol. The summed E-state index contributed by atoms with van der Waals surface area (Å²) >= 11 is 0. The van der Waals surface area contributed by atoms with Crippen molar-refractivity contribution in [1.29, 1.82) is 0 Å². The van der Waals surface area contributed by atoms with Crippen LogP contribution in [0.2, 0.25) is 0 Å². The number of nitrogens with one attached hydrogen (secondary N) is 1. The van der Waals surface area contributed by atoms with Crippen LogP contribution >= 0.6 is 0 Å². The van der Waals surface area contributed by atoms with Gasteiger partial charge in [-0.15, -0.1) is 0 Å². The lowest BCUT2D eigenvalue weighted by Crippen LogP contribution is -2.56. The fourth-order valence-electron chi connectivity index (χ4n) is 5.21. The first-order valence-electron chi connectivity index (χ1n) is 12.9. The number of aryl methyl sites for hydroxylation is 1. The summed E-state index contributed by atoms with van der Waals surface area (Å²) in [6.45, 7) is 12.2. The van der Waals surface area contributed by atoms with E-state index in [0.717, 1.165) is 49.4 Å². The molecule has 38 heavy (non-hydrogen) atoms. The molecule has 0 spiro atoms. The second kappa shape index (κ2) is 10.3. The number of pyridine rings is 1. The standard InChI is InChI=1S/C28H33N7O3/c1-4-24(37)34-18-28(3,19-34)11-12-35-25(38)10-5-21-17-29-27(31-26(21)35)30-22-6-8-23(9-7-22)33-15-13-32(14-16-33)20(2)36/h4-10,17H,1,11-16,18-19H2,2-3H3,(H,29,30,31). The van der Waals surface area contributed by atoms with Gasteiger partial charge in [0.25, 0.3) is 5.56 Å². The number of hydrogen-bond donors (Lipinski definition) is 1. The van der Waals surface area contributed by atoms with E-state index < -0.39 is 0 Å². The second-order valence-electron chi connectivity index (χ2n) is 10.4. The van der Waals surface area contributed by atoms with Gasteiger partial charge in [0.15, 0.2) is 0 Å². The maximum Gasteiger partial charge on any atom is 0.252 e. The van der Waals surface area contributed by atoms with Gasteiger partial charge < -0.3 is 20.0 Å². The first-order chi connectivity index (χ1) is 18.2. The Labute approximate surface area is 221 Å². The molecule has 0 bridgehead atoms. The number of carbonyl (C=O) groups excluding carboxylic acids is 2. The number of carbonyl (C=O) groups is 2. The predicted molar refractivity (Wildman–Crippen MR) is 147 cm³/mol. The van der Waals surface area contributed by atoms with Crippen molar-refractivity contribution in [1.82, 2.24) is 24.3 Å². The fourth-order valence-corrected chi connectivity index (χ4v) is 5.21. The summed E-state index contributed by atoms with van der Waals surface area (Å²) in [5.41, 5.74) is 2.36. The molecule has 0 unspecified atom stereocenters. The number of benzene rings is 1. The van der Waals surface area contributed by atoms with Crippen molar-refractivity contribution in [2.45, 2.75) is 26.8 Å². The van der Waals surface area contributed by atoms with Gasteiger partial charge in [-0.3, -0.25) is 19.0 Å². The summed E-state index contributed by atoms with van der Waals surface area (Å²) in [7, 11) is 0. The summed E-state index contributed by atoms with van der Waals surface area (Å²) in [4.78, 5) is 51.2. The van der Waals surface area contributed by atoms with Crippen LogP contribution in [0.3, 0.4) is 0 Å². The monoisotopic (exact) mass is 515 g/mol. The summed E-state index contributed by atoms with van der Waals surface area (Å²) in [5.74, 6) is 0.475. The molecule has 10 heteroatoms. The molecule has 0 aliphatic carbocycles. The summed E-state index contributed by atoms with van der Waals surface area (Å²) < 4.78 is 1.69. The Balaban J connectivity index is 1.27. The highest BCUT2D eigenvalue weighted by Crippen LogP contribution is 2.34. The topological polar surface area (TPSA) is 104 Å². The van der Waals surface area contributed by atoms with Crippen molar-refractivity contribution in [3.05, 3.63) is 65.6 Å². The van der Waals surface area contributed by atoms with E-state index in [1.54, 1.807) is 34.7 Å². The van der Waals surface area contributed by atoms with Crippen molar-refractivity contribution < 1.29 is 9.59 Å². The smallest absolute Gasteiger partial charge is 0.252 e. The minimum atomic E-state index is -0.113. The van der Waals surface area contributed by atoms with Crippen LogP contribution in [0.1, 0.15) is 20.3 Å². The third-order valence-corrected chi connectivity index (χ3v) is 7.51. The van der Waals surface area contributed by atoms with Gasteiger partial charge in [0.2, 0.25) is 17.8 Å². The van der Waals surface area contributed by atoms with Crippen LogP contribution in [-0.4, -0.2) is 75.4 Å². The Morgan fingerprint density at radius 2 is 1.76 bits per heavy atom. The maximum atomic E-state index is 12.8. The largest absolute Gasteiger partial charge is 0.368 e. The molecule has 2 aromatic heterocycles. The van der Waals surface area contributed by atoms with Gasteiger partial charge in [-0.25, -0.2) is 4.98 Å². The lowest BCUT2D eigenvalue weighted by atomic mass is 9.78. The molecule has 1 N–H and O–H groups in total. The van der Waals surface area contributed by atoms with E-state index in [1.807, 2.05) is 29.2 Å². The molecule has 4 heterocycles. The molecule has 2 aliphatic rings. The second-order valence-corrected chi connectivity index (χ2v) is 10.4. The number of hydrogen-bond acceptors (Lipinski definition) is 7. The van der Waals surface area contributed by atoms with E-state index in [9.17, 15) is 14.4 Å². The third-order valence-electron chi connectivity index (χ3n) is 7.51.